The van der Waals surface area contributed by atoms with E-state index in [2.05, 4.69) is 18.2 Å². The van der Waals surface area contributed by atoms with Crippen molar-refractivity contribution in [2.24, 2.45) is 0 Å². The molecule has 0 saturated carbocycles. The van der Waals surface area contributed by atoms with Crippen LogP contribution in [-0.4, -0.2) is 12.9 Å². The van der Waals surface area contributed by atoms with Crippen LogP contribution in [0.15, 0.2) is 66.2 Å². The third-order valence-corrected chi connectivity index (χ3v) is 3.98. The van der Waals surface area contributed by atoms with Crippen molar-refractivity contribution in [3.05, 3.63) is 77.4 Å². The highest BCUT2D eigenvalue weighted by atomic mass is 16.7. The number of nitrogens with zero attached hydrogens (tertiary/aromatic N) is 1. The molecule has 2 aromatic rings. The second kappa shape index (κ2) is 7.13. The van der Waals surface area contributed by atoms with Gasteiger partial charge in [0.2, 0.25) is 6.29 Å². The molecule has 0 N–H and O–H groups in total. The zero-order valence-electron chi connectivity index (χ0n) is 13.1. The van der Waals surface area contributed by atoms with Gasteiger partial charge in [0.1, 0.15) is 5.76 Å². The van der Waals surface area contributed by atoms with Gasteiger partial charge in [-0.1, -0.05) is 60.7 Å². The minimum atomic E-state index is -0.336. The highest BCUT2D eigenvalue weighted by molar-refractivity contribution is 5.69. The van der Waals surface area contributed by atoms with Crippen LogP contribution in [0.2, 0.25) is 0 Å². The largest absolute Gasteiger partial charge is 0.463 e. The van der Waals surface area contributed by atoms with E-state index in [1.54, 1.807) is 0 Å². The minimum Gasteiger partial charge on any atom is -0.463 e. The fourth-order valence-corrected chi connectivity index (χ4v) is 2.93. The second-order valence-electron chi connectivity index (χ2n) is 5.42. The number of benzene rings is 2. The van der Waals surface area contributed by atoms with Gasteiger partial charge < -0.3 is 9.47 Å². The molecule has 3 heteroatoms. The first-order valence-electron chi connectivity index (χ1n) is 7.86. The fourth-order valence-electron chi connectivity index (χ4n) is 2.93. The van der Waals surface area contributed by atoms with Crippen LogP contribution in [0.1, 0.15) is 30.4 Å². The molecule has 0 spiro atoms. The molecule has 3 rings (SSSR count). The third-order valence-electron chi connectivity index (χ3n) is 3.98. The van der Waals surface area contributed by atoms with Gasteiger partial charge >= 0.3 is 0 Å². The molecule has 3 nitrogen and oxygen atoms in total. The Morgan fingerprint density at radius 2 is 1.74 bits per heavy atom. The highest BCUT2D eigenvalue weighted by Gasteiger charge is 2.32. The van der Waals surface area contributed by atoms with Crippen LogP contribution in [0.4, 0.5) is 0 Å². The van der Waals surface area contributed by atoms with E-state index in [0.29, 0.717) is 24.4 Å². The molecule has 2 aromatic carbocycles. The van der Waals surface area contributed by atoms with Crippen molar-refractivity contribution in [3.63, 3.8) is 0 Å². The van der Waals surface area contributed by atoms with Crippen molar-refractivity contribution in [2.45, 2.75) is 25.6 Å². The Labute approximate surface area is 136 Å². The molecule has 1 aliphatic heterocycles. The van der Waals surface area contributed by atoms with Crippen LogP contribution in [0.5, 0.6) is 0 Å². The Morgan fingerprint density at radius 1 is 1.09 bits per heavy atom. The summed E-state index contributed by atoms with van der Waals surface area (Å²) in [6.07, 6.45) is 0.314. The maximum atomic E-state index is 9.74. The molecule has 0 aliphatic carbocycles. The van der Waals surface area contributed by atoms with Gasteiger partial charge in [0.25, 0.3) is 0 Å². The Morgan fingerprint density at radius 3 is 2.35 bits per heavy atom. The smallest absolute Gasteiger partial charge is 0.200 e. The van der Waals surface area contributed by atoms with Crippen LogP contribution < -0.4 is 0 Å². The molecule has 0 aromatic heterocycles. The van der Waals surface area contributed by atoms with E-state index in [4.69, 9.17) is 9.47 Å². The monoisotopic (exact) mass is 305 g/mol. The normalized spacial score (nSPS) is 20.7. The Kier molecular flexibility index (Phi) is 4.75. The molecular formula is C20H19NO2. The first-order valence-corrected chi connectivity index (χ1v) is 7.86. The van der Waals surface area contributed by atoms with Gasteiger partial charge in [-0.15, -0.1) is 0 Å². The lowest BCUT2D eigenvalue weighted by molar-refractivity contribution is -0.104. The van der Waals surface area contributed by atoms with Crippen molar-refractivity contribution in [1.82, 2.24) is 0 Å². The summed E-state index contributed by atoms with van der Waals surface area (Å²) >= 11 is 0. The standard InChI is InChI=1S/C20H19NO2/c1-2-22-19-13-17(15-9-5-3-6-10-15)18(14-21)20(23-19)16-11-7-4-8-12-16/h3-12,17,19H,2,13H2,1H3/t17-,19+/m0/s1. The third kappa shape index (κ3) is 3.28. The molecule has 23 heavy (non-hydrogen) atoms. The Bertz CT molecular complexity index is 716. The number of hydrogen-bond donors (Lipinski definition) is 0. The van der Waals surface area contributed by atoms with E-state index in [0.717, 1.165) is 11.1 Å². The number of rotatable bonds is 4. The summed E-state index contributed by atoms with van der Waals surface area (Å²) in [6, 6.07) is 22.2. The van der Waals surface area contributed by atoms with Crippen LogP contribution in [0.3, 0.4) is 0 Å². The summed E-state index contributed by atoms with van der Waals surface area (Å²) in [5, 5.41) is 9.74. The Balaban J connectivity index is 2.08. The lowest BCUT2D eigenvalue weighted by atomic mass is 9.85. The van der Waals surface area contributed by atoms with Crippen LogP contribution in [0.25, 0.3) is 5.76 Å². The molecule has 0 amide bonds. The summed E-state index contributed by atoms with van der Waals surface area (Å²) in [5.74, 6) is 0.619. The average Bonchev–Trinajstić information content (AvgIpc) is 2.63. The SMILES string of the molecule is CCO[C@H]1C[C@@H](c2ccccc2)C(C#N)=C(c2ccccc2)O1. The molecule has 2 atom stereocenters. The van der Waals surface area contributed by atoms with Crippen molar-refractivity contribution in [2.75, 3.05) is 6.61 Å². The quantitative estimate of drug-likeness (QED) is 0.836. The molecule has 0 unspecified atom stereocenters. The van der Waals surface area contributed by atoms with E-state index < -0.39 is 0 Å². The van der Waals surface area contributed by atoms with Gasteiger partial charge in [0.05, 0.1) is 11.6 Å². The van der Waals surface area contributed by atoms with E-state index in [-0.39, 0.29) is 12.2 Å². The lowest BCUT2D eigenvalue weighted by Crippen LogP contribution is -2.26. The minimum absolute atomic E-state index is 0.0123. The zero-order chi connectivity index (χ0) is 16.1. The molecule has 0 bridgehead atoms. The van der Waals surface area contributed by atoms with Crippen molar-refractivity contribution < 1.29 is 9.47 Å². The van der Waals surface area contributed by atoms with Gasteiger partial charge in [0.15, 0.2) is 0 Å². The van der Waals surface area contributed by atoms with Crippen LogP contribution in [-0.2, 0) is 9.47 Å². The maximum Gasteiger partial charge on any atom is 0.200 e. The Hall–Kier alpha value is -2.57. The first-order chi connectivity index (χ1) is 11.3. The van der Waals surface area contributed by atoms with Gasteiger partial charge in [-0.25, -0.2) is 0 Å². The molecule has 0 fully saturated rings. The van der Waals surface area contributed by atoms with E-state index in [1.807, 2.05) is 55.5 Å². The molecule has 1 aliphatic rings. The van der Waals surface area contributed by atoms with E-state index in [1.165, 1.54) is 0 Å². The summed E-state index contributed by atoms with van der Waals surface area (Å²) in [7, 11) is 0. The van der Waals surface area contributed by atoms with Crippen molar-refractivity contribution >= 4 is 5.76 Å². The zero-order valence-corrected chi connectivity index (χ0v) is 13.1. The van der Waals surface area contributed by atoms with E-state index >= 15 is 0 Å². The van der Waals surface area contributed by atoms with Gasteiger partial charge in [-0.3, -0.25) is 0 Å². The summed E-state index contributed by atoms with van der Waals surface area (Å²) in [4.78, 5) is 0. The number of hydrogen-bond acceptors (Lipinski definition) is 3. The molecule has 116 valence electrons. The number of nitriles is 1. The van der Waals surface area contributed by atoms with Crippen LogP contribution >= 0.6 is 0 Å². The molecule has 0 saturated heterocycles. The first kappa shape index (κ1) is 15.3. The van der Waals surface area contributed by atoms with Gasteiger partial charge in [0, 0.05) is 24.5 Å². The fraction of sp³-hybridized carbons (Fsp3) is 0.250. The van der Waals surface area contributed by atoms with Gasteiger partial charge in [-0.2, -0.15) is 5.26 Å². The molecular weight excluding hydrogens is 286 g/mol. The molecule has 1 heterocycles. The average molecular weight is 305 g/mol. The lowest BCUT2D eigenvalue weighted by Gasteiger charge is -2.32. The topological polar surface area (TPSA) is 42.2 Å². The number of allylic oxidation sites excluding steroid dienone is 1. The highest BCUT2D eigenvalue weighted by Crippen LogP contribution is 2.40. The van der Waals surface area contributed by atoms with Gasteiger partial charge in [-0.05, 0) is 12.5 Å². The van der Waals surface area contributed by atoms with Crippen molar-refractivity contribution in [1.29, 1.82) is 5.26 Å². The maximum absolute atomic E-state index is 9.74. The summed E-state index contributed by atoms with van der Waals surface area (Å²) < 4.78 is 11.7. The second-order valence-corrected chi connectivity index (χ2v) is 5.42. The number of ether oxygens (including phenoxy) is 2. The predicted octanol–water partition coefficient (Wildman–Crippen LogP) is 4.49. The van der Waals surface area contributed by atoms with Crippen LogP contribution in [0, 0.1) is 11.3 Å². The predicted molar refractivity (Wildman–Crippen MR) is 89.3 cm³/mol. The summed E-state index contributed by atoms with van der Waals surface area (Å²) in [5.41, 5.74) is 2.69. The van der Waals surface area contributed by atoms with Crippen molar-refractivity contribution in [3.8, 4) is 6.07 Å². The van der Waals surface area contributed by atoms with E-state index in [9.17, 15) is 5.26 Å². The summed E-state index contributed by atoms with van der Waals surface area (Å²) in [6.45, 7) is 2.53. The molecule has 0 radical (unpaired) electrons.